The zero-order valence-corrected chi connectivity index (χ0v) is 7.61. The maximum Gasteiger partial charge on any atom is 0.631 e. The summed E-state index contributed by atoms with van der Waals surface area (Å²) in [4.78, 5) is 0. The van der Waals surface area contributed by atoms with E-state index in [1.54, 1.807) is 11.3 Å². The normalized spacial score (nSPS) is 9.15. The van der Waals surface area contributed by atoms with E-state index < -0.39 is 7.32 Å². The van der Waals surface area contributed by atoms with Crippen LogP contribution in [0.15, 0.2) is 35.0 Å². The van der Waals surface area contributed by atoms with Gasteiger partial charge in [0.1, 0.15) is 0 Å². The molecule has 1 aromatic carbocycles. The lowest BCUT2D eigenvalue weighted by Gasteiger charge is -1.82. The molecule has 0 aliphatic heterocycles. The lowest BCUT2D eigenvalue weighted by Crippen LogP contribution is -2.07. The fourth-order valence-electron chi connectivity index (χ4n) is 0.906. The van der Waals surface area contributed by atoms with E-state index in [1.165, 1.54) is 10.8 Å². The van der Waals surface area contributed by atoms with E-state index in [-0.39, 0.29) is 0 Å². The third-order valence-corrected chi connectivity index (χ3v) is 2.17. The Morgan fingerprint density at radius 2 is 1.31 bits per heavy atom. The Morgan fingerprint density at radius 3 is 1.69 bits per heavy atom. The van der Waals surface area contributed by atoms with Crippen molar-refractivity contribution in [1.82, 2.24) is 0 Å². The zero-order valence-electron chi connectivity index (χ0n) is 6.79. The first kappa shape index (κ1) is 10.2. The summed E-state index contributed by atoms with van der Waals surface area (Å²) in [5, 5.41) is 28.5. The van der Waals surface area contributed by atoms with Crippen molar-refractivity contribution in [3.63, 3.8) is 0 Å². The Kier molecular flexibility index (Phi) is 3.91. The summed E-state index contributed by atoms with van der Waals surface area (Å²) < 4.78 is 0. The molecule has 13 heavy (non-hydrogen) atoms. The number of benzene rings is 1. The Balaban J connectivity index is 0.000000184. The van der Waals surface area contributed by atoms with Crippen LogP contribution in [0, 0.1) is 0 Å². The molecule has 0 spiro atoms. The van der Waals surface area contributed by atoms with E-state index in [4.69, 9.17) is 15.1 Å². The fourth-order valence-corrected chi connectivity index (χ4v) is 1.70. The van der Waals surface area contributed by atoms with Gasteiger partial charge in [-0.15, -0.1) is 0 Å². The van der Waals surface area contributed by atoms with Crippen molar-refractivity contribution >= 4 is 29.4 Å². The second-order valence-corrected chi connectivity index (χ2v) is 3.09. The highest BCUT2D eigenvalue weighted by molar-refractivity contribution is 7.09. The lowest BCUT2D eigenvalue weighted by molar-refractivity contribution is 0.278. The van der Waals surface area contributed by atoms with Crippen LogP contribution in [0.2, 0.25) is 0 Å². The van der Waals surface area contributed by atoms with Gasteiger partial charge in [0.05, 0.1) is 0 Å². The molecule has 0 saturated carbocycles. The SMILES string of the molecule is OB(O)O.c1ccc2cscc2c1. The molecular formula is C8H9BO3S. The number of thiophene rings is 1. The maximum atomic E-state index is 7.17. The highest BCUT2D eigenvalue weighted by atomic mass is 32.1. The number of rotatable bonds is 0. The summed E-state index contributed by atoms with van der Waals surface area (Å²) in [6, 6.07) is 8.39. The Hall–Kier alpha value is -0.875. The summed E-state index contributed by atoms with van der Waals surface area (Å²) in [6.07, 6.45) is 0. The quantitative estimate of drug-likeness (QED) is 0.547. The van der Waals surface area contributed by atoms with Crippen molar-refractivity contribution in [2.24, 2.45) is 0 Å². The summed E-state index contributed by atoms with van der Waals surface area (Å²) in [5.74, 6) is 0. The minimum Gasteiger partial charge on any atom is -0.402 e. The summed E-state index contributed by atoms with van der Waals surface area (Å²) in [7, 11) is -2.17. The van der Waals surface area contributed by atoms with Crippen LogP contribution >= 0.6 is 11.3 Å². The molecule has 0 unspecified atom stereocenters. The second kappa shape index (κ2) is 4.99. The first-order chi connectivity index (χ1) is 6.20. The standard InChI is InChI=1S/C8H6S.BH3O3/c1-2-4-8-6-9-5-7(8)3-1;2-1(3)4/h1-6H;2-4H. The molecule has 0 aliphatic carbocycles. The molecule has 0 bridgehead atoms. The van der Waals surface area contributed by atoms with E-state index in [0.29, 0.717) is 0 Å². The third kappa shape index (κ3) is 3.56. The van der Waals surface area contributed by atoms with E-state index in [9.17, 15) is 0 Å². The molecule has 3 nitrogen and oxygen atoms in total. The second-order valence-electron chi connectivity index (χ2n) is 2.35. The monoisotopic (exact) mass is 196 g/mol. The van der Waals surface area contributed by atoms with Crippen LogP contribution in [-0.4, -0.2) is 22.4 Å². The Morgan fingerprint density at radius 1 is 0.923 bits per heavy atom. The molecule has 0 radical (unpaired) electrons. The minimum atomic E-state index is -2.17. The molecule has 0 atom stereocenters. The molecule has 1 aromatic heterocycles. The van der Waals surface area contributed by atoms with Gasteiger partial charge in [0.25, 0.3) is 0 Å². The van der Waals surface area contributed by atoms with Crippen LogP contribution in [0.4, 0.5) is 0 Å². The average Bonchev–Trinajstić information content (AvgIpc) is 2.49. The van der Waals surface area contributed by atoms with Crippen LogP contribution in [0.1, 0.15) is 0 Å². The van der Waals surface area contributed by atoms with Crippen LogP contribution in [-0.2, 0) is 0 Å². The Bertz CT molecular complexity index is 328. The van der Waals surface area contributed by atoms with E-state index >= 15 is 0 Å². The van der Waals surface area contributed by atoms with E-state index in [2.05, 4.69) is 35.0 Å². The first-order valence-corrected chi connectivity index (χ1v) is 4.59. The molecule has 0 aliphatic rings. The first-order valence-electron chi connectivity index (χ1n) is 3.65. The number of fused-ring (bicyclic) bond motifs is 1. The van der Waals surface area contributed by atoms with Crippen molar-refractivity contribution in [2.45, 2.75) is 0 Å². The van der Waals surface area contributed by atoms with Gasteiger partial charge in [-0.2, -0.15) is 11.3 Å². The molecule has 5 heteroatoms. The van der Waals surface area contributed by atoms with Crippen LogP contribution in [0.25, 0.3) is 10.8 Å². The smallest absolute Gasteiger partial charge is 0.402 e. The molecule has 2 rings (SSSR count). The van der Waals surface area contributed by atoms with Gasteiger partial charge in [-0.25, -0.2) is 0 Å². The largest absolute Gasteiger partial charge is 0.631 e. The molecule has 3 N–H and O–H groups in total. The van der Waals surface area contributed by atoms with Crippen molar-refractivity contribution in [3.8, 4) is 0 Å². The molecule has 0 saturated heterocycles. The van der Waals surface area contributed by atoms with Gasteiger partial charge in [-0.05, 0) is 21.5 Å². The number of hydrogen-bond donors (Lipinski definition) is 3. The highest BCUT2D eigenvalue weighted by Gasteiger charge is 1.92. The van der Waals surface area contributed by atoms with Crippen LogP contribution < -0.4 is 0 Å². The highest BCUT2D eigenvalue weighted by Crippen LogP contribution is 2.17. The average molecular weight is 196 g/mol. The van der Waals surface area contributed by atoms with E-state index in [0.717, 1.165) is 0 Å². The topological polar surface area (TPSA) is 60.7 Å². The maximum absolute atomic E-state index is 7.17. The lowest BCUT2D eigenvalue weighted by atomic mass is 10.2. The van der Waals surface area contributed by atoms with Gasteiger partial charge in [-0.3, -0.25) is 0 Å². The molecule has 0 amide bonds. The third-order valence-electron chi connectivity index (χ3n) is 1.39. The van der Waals surface area contributed by atoms with Gasteiger partial charge in [0.2, 0.25) is 0 Å². The van der Waals surface area contributed by atoms with Crippen molar-refractivity contribution in [2.75, 3.05) is 0 Å². The van der Waals surface area contributed by atoms with Crippen molar-refractivity contribution < 1.29 is 15.1 Å². The molecule has 1 heterocycles. The predicted molar refractivity (Wildman–Crippen MR) is 54.2 cm³/mol. The van der Waals surface area contributed by atoms with Gasteiger partial charge in [0, 0.05) is 0 Å². The minimum absolute atomic E-state index is 1.35. The fraction of sp³-hybridized carbons (Fsp3) is 0. The van der Waals surface area contributed by atoms with Crippen molar-refractivity contribution in [3.05, 3.63) is 35.0 Å². The van der Waals surface area contributed by atoms with Crippen LogP contribution in [0.3, 0.4) is 0 Å². The summed E-state index contributed by atoms with van der Waals surface area (Å²) >= 11 is 1.75. The van der Waals surface area contributed by atoms with Crippen LogP contribution in [0.5, 0.6) is 0 Å². The zero-order chi connectivity index (χ0) is 9.68. The number of hydrogen-bond acceptors (Lipinski definition) is 4. The van der Waals surface area contributed by atoms with Gasteiger partial charge < -0.3 is 15.1 Å². The molecule has 68 valence electrons. The van der Waals surface area contributed by atoms with Gasteiger partial charge in [-0.1, -0.05) is 24.3 Å². The van der Waals surface area contributed by atoms with E-state index in [1.807, 2.05) is 0 Å². The molecule has 2 aromatic rings. The van der Waals surface area contributed by atoms with Gasteiger partial charge in [0.15, 0.2) is 0 Å². The molecule has 0 fully saturated rings. The van der Waals surface area contributed by atoms with Gasteiger partial charge >= 0.3 is 7.32 Å². The molecular weight excluding hydrogens is 187 g/mol. The Labute approximate surface area is 80.1 Å². The summed E-state index contributed by atoms with van der Waals surface area (Å²) in [6.45, 7) is 0. The van der Waals surface area contributed by atoms with Crippen molar-refractivity contribution in [1.29, 1.82) is 0 Å². The predicted octanol–water partition coefficient (Wildman–Crippen LogP) is 0.850. The summed E-state index contributed by atoms with van der Waals surface area (Å²) in [5.41, 5.74) is 0.